The molecule has 2 rings (SSSR count). The summed E-state index contributed by atoms with van der Waals surface area (Å²) >= 11 is 0. The third-order valence-corrected chi connectivity index (χ3v) is 4.09. The number of carbonyl (C=O) groups excluding carboxylic acids is 1. The number of nitrogens with zero attached hydrogens (tertiary/aromatic N) is 2. The minimum Gasteiger partial charge on any atom is -0.351 e. The van der Waals surface area contributed by atoms with E-state index in [4.69, 9.17) is 0 Å². The van der Waals surface area contributed by atoms with Gasteiger partial charge in [-0.2, -0.15) is 0 Å². The van der Waals surface area contributed by atoms with Crippen LogP contribution in [0.25, 0.3) is 11.0 Å². The molecule has 0 radical (unpaired) electrons. The second kappa shape index (κ2) is 11.8. The Bertz CT molecular complexity index is 908. The average molecular weight is 434 g/mol. The van der Waals surface area contributed by atoms with E-state index < -0.39 is 11.2 Å². The molecule has 8 nitrogen and oxygen atoms in total. The van der Waals surface area contributed by atoms with Crippen molar-refractivity contribution in [3.8, 4) is 0 Å². The van der Waals surface area contributed by atoms with E-state index in [0.717, 1.165) is 6.54 Å². The third-order valence-electron chi connectivity index (χ3n) is 4.09. The first kappa shape index (κ1) is 26.1. The first-order valence-electron chi connectivity index (χ1n) is 9.07. The van der Waals surface area contributed by atoms with Gasteiger partial charge in [0.05, 0.1) is 10.9 Å². The van der Waals surface area contributed by atoms with E-state index >= 15 is 0 Å². The van der Waals surface area contributed by atoms with Gasteiger partial charge in [-0.3, -0.25) is 19.1 Å². The van der Waals surface area contributed by atoms with Gasteiger partial charge in [0, 0.05) is 25.3 Å². The van der Waals surface area contributed by atoms with E-state index in [9.17, 15) is 14.4 Å². The maximum atomic E-state index is 12.7. The van der Waals surface area contributed by atoms with Crippen molar-refractivity contribution in [3.63, 3.8) is 0 Å². The van der Waals surface area contributed by atoms with Crippen LogP contribution in [-0.4, -0.2) is 40.1 Å². The van der Waals surface area contributed by atoms with Crippen LogP contribution in [0.15, 0.2) is 15.7 Å². The van der Waals surface area contributed by atoms with Crippen molar-refractivity contribution in [1.29, 1.82) is 0 Å². The summed E-state index contributed by atoms with van der Waals surface area (Å²) in [5, 5.41) is 6.10. The number of halogens is 2. The summed E-state index contributed by atoms with van der Waals surface area (Å²) in [6.45, 7) is 10.1. The normalized spacial score (nSPS) is 10.5. The number of likely N-dealkylation sites (N-methyl/N-ethyl adjacent to an activating group) is 1. The van der Waals surface area contributed by atoms with Crippen LogP contribution in [0.5, 0.6) is 0 Å². The smallest absolute Gasteiger partial charge is 0.329 e. The molecule has 0 bridgehead atoms. The molecule has 0 aliphatic rings. The minimum absolute atomic E-state index is 0. The van der Waals surface area contributed by atoms with Crippen molar-refractivity contribution in [1.82, 2.24) is 25.2 Å². The molecule has 1 amide bonds. The van der Waals surface area contributed by atoms with Gasteiger partial charge in [0.25, 0.3) is 11.5 Å². The van der Waals surface area contributed by atoms with Crippen LogP contribution >= 0.6 is 24.8 Å². The summed E-state index contributed by atoms with van der Waals surface area (Å²) in [7, 11) is 0. The van der Waals surface area contributed by atoms with Crippen molar-refractivity contribution < 1.29 is 4.79 Å². The van der Waals surface area contributed by atoms with Gasteiger partial charge >= 0.3 is 5.69 Å². The Morgan fingerprint density at radius 3 is 2.46 bits per heavy atom. The van der Waals surface area contributed by atoms with Gasteiger partial charge < -0.3 is 10.6 Å². The predicted molar refractivity (Wildman–Crippen MR) is 116 cm³/mol. The van der Waals surface area contributed by atoms with Gasteiger partial charge in [-0.15, -0.1) is 24.8 Å². The Hall–Kier alpha value is -1.90. The lowest BCUT2D eigenvalue weighted by atomic mass is 10.0. The summed E-state index contributed by atoms with van der Waals surface area (Å²) < 4.78 is 1.43. The lowest BCUT2D eigenvalue weighted by Gasteiger charge is -2.14. The molecule has 0 aliphatic heterocycles. The van der Waals surface area contributed by atoms with Gasteiger partial charge in [-0.25, -0.2) is 9.78 Å². The summed E-state index contributed by atoms with van der Waals surface area (Å²) in [5.74, 6) is -0.290. The van der Waals surface area contributed by atoms with Crippen molar-refractivity contribution in [3.05, 3.63) is 38.2 Å². The van der Waals surface area contributed by atoms with Crippen LogP contribution in [0, 0.1) is 0 Å². The molecule has 0 saturated carbocycles. The molecule has 3 N–H and O–H groups in total. The minimum atomic E-state index is -0.586. The Morgan fingerprint density at radius 2 is 1.89 bits per heavy atom. The quantitative estimate of drug-likeness (QED) is 0.549. The zero-order valence-electron chi connectivity index (χ0n) is 16.6. The van der Waals surface area contributed by atoms with E-state index in [1.165, 1.54) is 4.57 Å². The Morgan fingerprint density at radius 1 is 1.21 bits per heavy atom. The van der Waals surface area contributed by atoms with Crippen LogP contribution in [0.2, 0.25) is 0 Å². The average Bonchev–Trinajstić information content (AvgIpc) is 2.60. The zero-order valence-corrected chi connectivity index (χ0v) is 18.3. The second-order valence-corrected chi connectivity index (χ2v) is 6.47. The van der Waals surface area contributed by atoms with E-state index in [0.29, 0.717) is 31.7 Å². The molecule has 2 aromatic heterocycles. The number of amides is 1. The molecule has 0 aliphatic carbocycles. The Kier molecular flexibility index (Phi) is 11.0. The lowest BCUT2D eigenvalue weighted by Crippen LogP contribution is -2.35. The van der Waals surface area contributed by atoms with Crippen molar-refractivity contribution in [2.75, 3.05) is 19.6 Å². The molecule has 28 heavy (non-hydrogen) atoms. The predicted octanol–water partition coefficient (Wildman–Crippen LogP) is 1.80. The highest BCUT2D eigenvalue weighted by Crippen LogP contribution is 2.19. The van der Waals surface area contributed by atoms with Crippen LogP contribution in [0.1, 0.15) is 56.1 Å². The molecule has 2 aromatic rings. The van der Waals surface area contributed by atoms with Crippen LogP contribution in [0.3, 0.4) is 0 Å². The van der Waals surface area contributed by atoms with Gasteiger partial charge in [0.15, 0.2) is 5.65 Å². The fourth-order valence-corrected chi connectivity index (χ4v) is 2.74. The van der Waals surface area contributed by atoms with E-state index in [1.807, 2.05) is 27.7 Å². The van der Waals surface area contributed by atoms with E-state index in [-0.39, 0.29) is 53.2 Å². The number of fused-ring (bicyclic) bond motifs is 1. The van der Waals surface area contributed by atoms with Crippen LogP contribution in [-0.2, 0) is 6.54 Å². The van der Waals surface area contributed by atoms with Crippen molar-refractivity contribution in [2.45, 2.75) is 46.6 Å². The fourth-order valence-electron chi connectivity index (χ4n) is 2.74. The van der Waals surface area contributed by atoms with Gasteiger partial charge in [-0.1, -0.05) is 27.7 Å². The first-order valence-corrected chi connectivity index (χ1v) is 9.07. The highest BCUT2D eigenvalue weighted by molar-refractivity contribution is 6.05. The summed E-state index contributed by atoms with van der Waals surface area (Å²) in [6.07, 6.45) is 0.707. The number of nitrogens with one attached hydrogen (secondary N) is 3. The monoisotopic (exact) mass is 433 g/mol. The van der Waals surface area contributed by atoms with Gasteiger partial charge in [-0.05, 0) is 24.9 Å². The number of hydrogen-bond acceptors (Lipinski definition) is 5. The fraction of sp³-hybridized carbons (Fsp3) is 0.556. The molecular weight excluding hydrogens is 405 g/mol. The largest absolute Gasteiger partial charge is 0.351 e. The number of H-pyrrole nitrogens is 1. The molecule has 0 unspecified atom stereocenters. The number of aromatic amines is 1. The zero-order chi connectivity index (χ0) is 19.3. The molecule has 0 spiro atoms. The summed E-state index contributed by atoms with van der Waals surface area (Å²) in [5.41, 5.74) is 0.0994. The maximum absolute atomic E-state index is 12.7. The first-order chi connectivity index (χ1) is 12.4. The standard InChI is InChI=1S/C18H27N5O3.2ClH/c1-5-9-23-15-14(17(25)22-18(23)26)12(10-13(21-15)11(3)4)16(24)20-8-7-19-6-2;;/h10-11,19H,5-9H2,1-4H3,(H,20,24)(H,22,25,26);2*1H. The number of rotatable bonds is 8. The summed E-state index contributed by atoms with van der Waals surface area (Å²) in [4.78, 5) is 44.2. The molecule has 0 fully saturated rings. The topological polar surface area (TPSA) is 109 Å². The van der Waals surface area contributed by atoms with Crippen LogP contribution in [0.4, 0.5) is 0 Å². The second-order valence-electron chi connectivity index (χ2n) is 6.47. The molecular formula is C18H29Cl2N5O3. The molecule has 2 heterocycles. The molecule has 10 heteroatoms. The number of aromatic nitrogens is 3. The summed E-state index contributed by atoms with van der Waals surface area (Å²) in [6, 6.07) is 1.64. The van der Waals surface area contributed by atoms with E-state index in [2.05, 4.69) is 20.6 Å². The number of pyridine rings is 1. The molecule has 0 saturated heterocycles. The van der Waals surface area contributed by atoms with E-state index in [1.54, 1.807) is 6.07 Å². The Labute approximate surface area is 176 Å². The maximum Gasteiger partial charge on any atom is 0.329 e. The molecule has 158 valence electrons. The molecule has 0 aromatic carbocycles. The number of carbonyl (C=O) groups is 1. The van der Waals surface area contributed by atoms with Gasteiger partial charge in [0.1, 0.15) is 0 Å². The van der Waals surface area contributed by atoms with Crippen molar-refractivity contribution in [2.24, 2.45) is 0 Å². The highest BCUT2D eigenvalue weighted by Gasteiger charge is 2.20. The van der Waals surface area contributed by atoms with Crippen LogP contribution < -0.4 is 21.9 Å². The lowest BCUT2D eigenvalue weighted by molar-refractivity contribution is 0.0955. The van der Waals surface area contributed by atoms with Gasteiger partial charge in [0.2, 0.25) is 0 Å². The number of aryl methyl sites for hydroxylation is 1. The van der Waals surface area contributed by atoms with Crippen molar-refractivity contribution >= 4 is 41.8 Å². The third kappa shape index (κ3) is 5.80. The highest BCUT2D eigenvalue weighted by atomic mass is 35.5. The SMILES string of the molecule is CCCn1c(=O)[nH]c(=O)c2c(C(=O)NCCNCC)cc(C(C)C)nc21.Cl.Cl. The Balaban J connectivity index is 0.00000364. The molecule has 0 atom stereocenters. The number of hydrogen-bond donors (Lipinski definition) is 3.